The lowest BCUT2D eigenvalue weighted by Gasteiger charge is -2.23. The van der Waals surface area contributed by atoms with E-state index in [1.807, 2.05) is 13.2 Å². The van der Waals surface area contributed by atoms with Gasteiger partial charge in [0.05, 0.1) is 25.4 Å². The number of aromatic nitrogens is 3. The first-order valence-corrected chi connectivity index (χ1v) is 14.4. The van der Waals surface area contributed by atoms with Crippen molar-refractivity contribution in [2.45, 2.75) is 88.2 Å². The van der Waals surface area contributed by atoms with Gasteiger partial charge in [0.1, 0.15) is 0 Å². The topological polar surface area (TPSA) is 101 Å². The van der Waals surface area contributed by atoms with E-state index in [2.05, 4.69) is 33.7 Å². The minimum Gasteiger partial charge on any atom is -0.391 e. The Labute approximate surface area is 208 Å². The molecule has 1 aromatic rings. The third-order valence-electron chi connectivity index (χ3n) is 4.94. The minimum atomic E-state index is -0.583. The molecule has 0 saturated heterocycles. The van der Waals surface area contributed by atoms with Gasteiger partial charge in [-0.15, -0.1) is 0 Å². The van der Waals surface area contributed by atoms with Crippen molar-refractivity contribution in [2.24, 2.45) is 0 Å². The van der Waals surface area contributed by atoms with Crippen molar-refractivity contribution < 1.29 is 19.7 Å². The van der Waals surface area contributed by atoms with Crippen molar-refractivity contribution in [3.8, 4) is 0 Å². The van der Waals surface area contributed by atoms with Gasteiger partial charge in [-0.05, 0) is 38.4 Å². The van der Waals surface area contributed by atoms with E-state index in [1.54, 1.807) is 0 Å². The maximum atomic E-state index is 10.3. The molecule has 0 fully saturated rings. The summed E-state index contributed by atoms with van der Waals surface area (Å²) in [6.45, 7) is 10.1. The number of aliphatic hydroxyl groups excluding tert-OH is 2. The van der Waals surface area contributed by atoms with Crippen LogP contribution in [0.15, 0.2) is 10.3 Å². The Morgan fingerprint density at radius 3 is 1.94 bits per heavy atom. The second-order valence-corrected chi connectivity index (χ2v) is 9.74. The van der Waals surface area contributed by atoms with Gasteiger partial charge >= 0.3 is 0 Å². The maximum Gasteiger partial charge on any atom is 0.230 e. The highest BCUT2D eigenvalue weighted by molar-refractivity contribution is 7.99. The van der Waals surface area contributed by atoms with Crippen molar-refractivity contribution in [1.29, 1.82) is 0 Å². The second kappa shape index (κ2) is 19.6. The molecule has 1 rings (SSSR count). The summed E-state index contributed by atoms with van der Waals surface area (Å²) in [5.41, 5.74) is 0. The summed E-state index contributed by atoms with van der Waals surface area (Å²) in [5, 5.41) is 21.1. The fourth-order valence-electron chi connectivity index (χ4n) is 2.82. The molecule has 10 heteroatoms. The molecular formula is C23H44N4O4S2. The number of hydrogen-bond donors (Lipinski definition) is 2. The summed E-state index contributed by atoms with van der Waals surface area (Å²) >= 11 is 2.95. The van der Waals surface area contributed by atoms with E-state index in [1.165, 1.54) is 23.5 Å². The summed E-state index contributed by atoms with van der Waals surface area (Å²) in [7, 11) is 0. The lowest BCUT2D eigenvalue weighted by molar-refractivity contribution is 0.0243. The number of hydrogen-bond acceptors (Lipinski definition) is 10. The zero-order valence-electron chi connectivity index (χ0n) is 20.9. The molecule has 33 heavy (non-hydrogen) atoms. The standard InChI is InChI=1S/C23H44N4O4S2/c1-5-8-12-27(13-9-6-2)21-24-22(32-4)26-23(25-21)33-18-20(29)17-31-15-11-10-14-30-16-19(28)7-3/h19-20,28-29H,5-18H2,1-4H3. The van der Waals surface area contributed by atoms with E-state index in [-0.39, 0.29) is 12.7 Å². The fraction of sp³-hybridized carbons (Fsp3) is 0.870. The quantitative estimate of drug-likeness (QED) is 0.188. The Morgan fingerprint density at radius 2 is 1.39 bits per heavy atom. The van der Waals surface area contributed by atoms with Gasteiger partial charge in [-0.2, -0.15) is 15.0 Å². The van der Waals surface area contributed by atoms with Crippen LogP contribution in [0.25, 0.3) is 0 Å². The molecule has 8 nitrogen and oxygen atoms in total. The minimum absolute atomic E-state index is 0.287. The highest BCUT2D eigenvalue weighted by atomic mass is 32.2. The Bertz CT molecular complexity index is 608. The largest absolute Gasteiger partial charge is 0.391 e. The van der Waals surface area contributed by atoms with E-state index >= 15 is 0 Å². The lowest BCUT2D eigenvalue weighted by Crippen LogP contribution is -2.28. The molecule has 192 valence electrons. The molecule has 0 amide bonds. The van der Waals surface area contributed by atoms with Crippen LogP contribution in [0.3, 0.4) is 0 Å². The van der Waals surface area contributed by atoms with Gasteiger partial charge in [0, 0.05) is 32.1 Å². The summed E-state index contributed by atoms with van der Waals surface area (Å²) in [6, 6.07) is 0. The molecule has 1 heterocycles. The molecule has 0 radical (unpaired) electrons. The average Bonchev–Trinajstić information content (AvgIpc) is 2.83. The van der Waals surface area contributed by atoms with Gasteiger partial charge in [-0.1, -0.05) is 57.1 Å². The molecule has 2 N–H and O–H groups in total. The number of rotatable bonds is 21. The predicted octanol–water partition coefficient (Wildman–Crippen LogP) is 4.04. The van der Waals surface area contributed by atoms with Crippen LogP contribution in [-0.2, 0) is 9.47 Å². The van der Waals surface area contributed by atoms with Gasteiger partial charge in [0.25, 0.3) is 0 Å². The number of ether oxygens (including phenoxy) is 2. The first-order chi connectivity index (χ1) is 16.0. The summed E-state index contributed by atoms with van der Waals surface area (Å²) in [6.07, 6.45) is 7.93. The van der Waals surface area contributed by atoms with E-state index < -0.39 is 6.10 Å². The summed E-state index contributed by atoms with van der Waals surface area (Å²) in [5.74, 6) is 1.21. The average molecular weight is 505 g/mol. The molecule has 2 atom stereocenters. The molecule has 2 unspecified atom stereocenters. The van der Waals surface area contributed by atoms with Crippen molar-refractivity contribution in [2.75, 3.05) is 56.4 Å². The van der Waals surface area contributed by atoms with Crippen molar-refractivity contribution in [1.82, 2.24) is 15.0 Å². The predicted molar refractivity (Wildman–Crippen MR) is 138 cm³/mol. The van der Waals surface area contributed by atoms with Crippen LogP contribution < -0.4 is 4.90 Å². The first kappa shape index (κ1) is 30.4. The number of thioether (sulfide) groups is 2. The Hall–Kier alpha value is -0.650. The molecule has 0 spiro atoms. The van der Waals surface area contributed by atoms with Gasteiger partial charge in [-0.25, -0.2) is 0 Å². The van der Waals surface area contributed by atoms with Crippen LogP contribution in [0.5, 0.6) is 0 Å². The van der Waals surface area contributed by atoms with Crippen LogP contribution in [-0.4, -0.2) is 88.9 Å². The number of nitrogens with zero attached hydrogens (tertiary/aromatic N) is 4. The maximum absolute atomic E-state index is 10.3. The lowest BCUT2D eigenvalue weighted by atomic mass is 10.3. The van der Waals surface area contributed by atoms with Gasteiger partial charge < -0.3 is 24.6 Å². The van der Waals surface area contributed by atoms with Crippen molar-refractivity contribution in [3.05, 3.63) is 0 Å². The normalized spacial score (nSPS) is 13.3. The van der Waals surface area contributed by atoms with E-state index in [0.717, 1.165) is 57.6 Å². The SMILES string of the molecule is CCCCN(CCCC)c1nc(SC)nc(SCC(O)COCCCCOCC(O)CC)n1. The van der Waals surface area contributed by atoms with E-state index in [9.17, 15) is 10.2 Å². The van der Waals surface area contributed by atoms with Crippen LogP contribution in [0.4, 0.5) is 5.95 Å². The van der Waals surface area contributed by atoms with E-state index in [4.69, 9.17) is 9.47 Å². The van der Waals surface area contributed by atoms with Crippen LogP contribution in [0, 0.1) is 0 Å². The van der Waals surface area contributed by atoms with Crippen molar-refractivity contribution in [3.63, 3.8) is 0 Å². The van der Waals surface area contributed by atoms with Gasteiger partial charge in [-0.3, -0.25) is 0 Å². The number of anilines is 1. The smallest absolute Gasteiger partial charge is 0.230 e. The van der Waals surface area contributed by atoms with Crippen LogP contribution in [0.2, 0.25) is 0 Å². The first-order valence-electron chi connectivity index (χ1n) is 12.2. The highest BCUT2D eigenvalue weighted by Gasteiger charge is 2.15. The number of unbranched alkanes of at least 4 members (excludes halogenated alkanes) is 3. The zero-order chi connectivity index (χ0) is 24.3. The molecule has 0 aliphatic rings. The van der Waals surface area contributed by atoms with E-state index in [0.29, 0.717) is 42.3 Å². The number of aliphatic hydroxyl groups is 2. The Balaban J connectivity index is 2.42. The third-order valence-corrected chi connectivity index (χ3v) is 6.47. The highest BCUT2D eigenvalue weighted by Crippen LogP contribution is 2.22. The summed E-state index contributed by atoms with van der Waals surface area (Å²) < 4.78 is 11.0. The Morgan fingerprint density at radius 1 is 0.818 bits per heavy atom. The van der Waals surface area contributed by atoms with Gasteiger partial charge in [0.15, 0.2) is 10.3 Å². The monoisotopic (exact) mass is 504 g/mol. The van der Waals surface area contributed by atoms with Crippen LogP contribution in [0.1, 0.15) is 65.7 Å². The fourth-order valence-corrected chi connectivity index (χ4v) is 3.96. The molecule has 0 saturated carbocycles. The molecule has 0 aliphatic heterocycles. The van der Waals surface area contributed by atoms with Crippen LogP contribution >= 0.6 is 23.5 Å². The molecular weight excluding hydrogens is 460 g/mol. The Kier molecular flexibility index (Phi) is 18.1. The summed E-state index contributed by atoms with van der Waals surface area (Å²) in [4.78, 5) is 16.1. The zero-order valence-corrected chi connectivity index (χ0v) is 22.5. The molecule has 0 aromatic carbocycles. The molecule has 1 aromatic heterocycles. The molecule has 0 aliphatic carbocycles. The third kappa shape index (κ3) is 14.4. The molecule has 0 bridgehead atoms. The second-order valence-electron chi connectivity index (χ2n) is 7.98. The van der Waals surface area contributed by atoms with Crippen molar-refractivity contribution >= 4 is 29.5 Å². The van der Waals surface area contributed by atoms with Gasteiger partial charge in [0.2, 0.25) is 5.95 Å².